The number of amides is 3. The first-order valence-electron chi connectivity index (χ1n) is 7.22. The minimum Gasteiger partial charge on any atom is -0.391 e. The Hall–Kier alpha value is -2.08. The van der Waals surface area contributed by atoms with Crippen LogP contribution in [0.2, 0.25) is 0 Å². The van der Waals surface area contributed by atoms with Crippen molar-refractivity contribution in [2.45, 2.75) is 25.9 Å². The van der Waals surface area contributed by atoms with Gasteiger partial charge in [-0.1, -0.05) is 0 Å². The van der Waals surface area contributed by atoms with Crippen LogP contribution in [0.15, 0.2) is 24.3 Å². The smallest absolute Gasteiger partial charge is 0.321 e. The molecule has 0 aliphatic carbocycles. The number of urea groups is 1. The van der Waals surface area contributed by atoms with E-state index in [-0.39, 0.29) is 11.9 Å². The van der Waals surface area contributed by atoms with Gasteiger partial charge in [0.25, 0.3) is 5.91 Å². The van der Waals surface area contributed by atoms with Gasteiger partial charge in [-0.25, -0.2) is 4.79 Å². The molecular formula is C15H21N3O3. The molecule has 0 saturated carbocycles. The Labute approximate surface area is 124 Å². The van der Waals surface area contributed by atoms with E-state index in [1.807, 2.05) is 6.92 Å². The summed E-state index contributed by atoms with van der Waals surface area (Å²) in [4.78, 5) is 25.3. The second-order valence-corrected chi connectivity index (χ2v) is 5.11. The van der Waals surface area contributed by atoms with Gasteiger partial charge in [-0.15, -0.1) is 0 Å². The van der Waals surface area contributed by atoms with Crippen LogP contribution in [0.3, 0.4) is 0 Å². The molecule has 0 bridgehead atoms. The van der Waals surface area contributed by atoms with Gasteiger partial charge in [0.2, 0.25) is 0 Å². The van der Waals surface area contributed by atoms with Gasteiger partial charge in [-0.05, 0) is 44.0 Å². The third kappa shape index (κ3) is 4.19. The van der Waals surface area contributed by atoms with E-state index in [9.17, 15) is 14.7 Å². The van der Waals surface area contributed by atoms with Crippen LogP contribution in [0.25, 0.3) is 0 Å². The number of hydrogen-bond acceptors (Lipinski definition) is 3. The van der Waals surface area contributed by atoms with E-state index in [4.69, 9.17) is 0 Å². The number of likely N-dealkylation sites (tertiary alicyclic amines) is 1. The van der Waals surface area contributed by atoms with E-state index in [0.29, 0.717) is 30.9 Å². The van der Waals surface area contributed by atoms with Crippen LogP contribution in [-0.2, 0) is 0 Å². The largest absolute Gasteiger partial charge is 0.391 e. The fourth-order valence-corrected chi connectivity index (χ4v) is 2.31. The third-order valence-corrected chi connectivity index (χ3v) is 3.42. The lowest BCUT2D eigenvalue weighted by Gasteiger charge is -2.30. The minimum atomic E-state index is -0.440. The summed E-state index contributed by atoms with van der Waals surface area (Å²) in [5.74, 6) is -0.130. The van der Waals surface area contributed by atoms with Crippen LogP contribution in [0.1, 0.15) is 30.1 Å². The van der Waals surface area contributed by atoms with Crippen molar-refractivity contribution in [1.82, 2.24) is 10.2 Å². The second kappa shape index (κ2) is 7.08. The van der Waals surface area contributed by atoms with Crippen molar-refractivity contribution >= 4 is 17.6 Å². The lowest BCUT2D eigenvalue weighted by Crippen LogP contribution is -2.44. The molecule has 0 aromatic heterocycles. The van der Waals surface area contributed by atoms with Gasteiger partial charge in [0.1, 0.15) is 0 Å². The van der Waals surface area contributed by atoms with Gasteiger partial charge in [0.15, 0.2) is 0 Å². The van der Waals surface area contributed by atoms with Crippen molar-refractivity contribution in [3.8, 4) is 0 Å². The maximum atomic E-state index is 12.1. The van der Waals surface area contributed by atoms with Crippen molar-refractivity contribution in [2.75, 3.05) is 25.0 Å². The van der Waals surface area contributed by atoms with Crippen molar-refractivity contribution in [2.24, 2.45) is 0 Å². The predicted octanol–water partition coefficient (Wildman–Crippen LogP) is 1.42. The third-order valence-electron chi connectivity index (χ3n) is 3.42. The summed E-state index contributed by atoms with van der Waals surface area (Å²) in [5.41, 5.74) is 1.19. The van der Waals surface area contributed by atoms with Gasteiger partial charge in [0.05, 0.1) is 6.10 Å². The molecule has 6 nitrogen and oxygen atoms in total. The first kappa shape index (κ1) is 15.3. The summed E-state index contributed by atoms with van der Waals surface area (Å²) in [5, 5.41) is 15.1. The molecule has 3 amide bonds. The lowest BCUT2D eigenvalue weighted by molar-refractivity contribution is 0.0883. The minimum absolute atomic E-state index is 0.130. The van der Waals surface area contributed by atoms with Crippen LogP contribution >= 0.6 is 0 Å². The number of carbonyl (C=O) groups is 2. The van der Waals surface area contributed by atoms with Gasteiger partial charge in [-0.3, -0.25) is 4.79 Å². The summed E-state index contributed by atoms with van der Waals surface area (Å²) in [6.07, 6.45) is 1.11. The van der Waals surface area contributed by atoms with Crippen molar-refractivity contribution < 1.29 is 14.7 Å². The lowest BCUT2D eigenvalue weighted by atomic mass is 10.1. The number of nitrogens with one attached hydrogen (secondary N) is 2. The first-order valence-corrected chi connectivity index (χ1v) is 7.22. The number of hydrogen-bond donors (Lipinski definition) is 3. The van der Waals surface area contributed by atoms with E-state index >= 15 is 0 Å². The molecule has 0 unspecified atom stereocenters. The normalized spacial score (nSPS) is 18.2. The molecular weight excluding hydrogens is 270 g/mol. The number of aliphatic hydroxyl groups is 1. The highest BCUT2D eigenvalue weighted by atomic mass is 16.3. The molecule has 0 radical (unpaired) electrons. The van der Waals surface area contributed by atoms with Crippen LogP contribution < -0.4 is 10.6 Å². The maximum Gasteiger partial charge on any atom is 0.321 e. The summed E-state index contributed by atoms with van der Waals surface area (Å²) in [7, 11) is 0. The maximum absolute atomic E-state index is 12.1. The highest BCUT2D eigenvalue weighted by Gasteiger charge is 2.21. The summed E-state index contributed by atoms with van der Waals surface area (Å²) >= 11 is 0. The first-order chi connectivity index (χ1) is 10.1. The Morgan fingerprint density at radius 1 is 1.33 bits per heavy atom. The molecule has 6 heteroatoms. The Bertz CT molecular complexity index is 501. The Morgan fingerprint density at radius 2 is 2.05 bits per heavy atom. The average molecular weight is 291 g/mol. The van der Waals surface area contributed by atoms with Crippen LogP contribution in [0.5, 0.6) is 0 Å². The predicted molar refractivity (Wildman–Crippen MR) is 80.3 cm³/mol. The second-order valence-electron chi connectivity index (χ2n) is 5.11. The zero-order valence-electron chi connectivity index (χ0n) is 12.1. The Balaban J connectivity index is 1.93. The number of benzene rings is 1. The highest BCUT2D eigenvalue weighted by Crippen LogP contribution is 2.14. The van der Waals surface area contributed by atoms with Crippen molar-refractivity contribution in [3.63, 3.8) is 0 Å². The number of carbonyl (C=O) groups excluding carboxylic acids is 2. The fraction of sp³-hybridized carbons (Fsp3) is 0.467. The molecule has 1 aliphatic rings. The number of anilines is 1. The standard InChI is InChI=1S/C15H21N3O3/c1-2-16-14(20)11-5-7-12(8-6-11)17-15(21)18-9-3-4-13(19)10-18/h5-8,13,19H,2-4,9-10H2,1H3,(H,16,20)(H,17,21)/t13-/m0/s1. The molecule has 2 rings (SSSR count). The van der Waals surface area contributed by atoms with Gasteiger partial charge in [-0.2, -0.15) is 0 Å². The monoisotopic (exact) mass is 291 g/mol. The molecule has 1 fully saturated rings. The van der Waals surface area contributed by atoms with E-state index < -0.39 is 6.10 Å². The molecule has 1 aromatic carbocycles. The topological polar surface area (TPSA) is 81.7 Å². The summed E-state index contributed by atoms with van der Waals surface area (Å²) in [6.45, 7) is 3.46. The average Bonchev–Trinajstić information content (AvgIpc) is 2.48. The molecule has 21 heavy (non-hydrogen) atoms. The molecule has 3 N–H and O–H groups in total. The molecule has 1 aromatic rings. The molecule has 0 spiro atoms. The van der Waals surface area contributed by atoms with E-state index in [1.165, 1.54) is 0 Å². The summed E-state index contributed by atoms with van der Waals surface area (Å²) < 4.78 is 0. The molecule has 1 atom stereocenters. The van der Waals surface area contributed by atoms with Crippen LogP contribution in [0.4, 0.5) is 10.5 Å². The number of rotatable bonds is 3. The molecule has 114 valence electrons. The zero-order chi connectivity index (χ0) is 15.2. The molecule has 1 heterocycles. The Kier molecular flexibility index (Phi) is 5.16. The van der Waals surface area contributed by atoms with Crippen molar-refractivity contribution in [3.05, 3.63) is 29.8 Å². The van der Waals surface area contributed by atoms with E-state index in [0.717, 1.165) is 12.8 Å². The molecule has 1 aliphatic heterocycles. The van der Waals surface area contributed by atoms with E-state index in [1.54, 1.807) is 29.2 Å². The molecule has 1 saturated heterocycles. The fourth-order valence-electron chi connectivity index (χ4n) is 2.31. The van der Waals surface area contributed by atoms with E-state index in [2.05, 4.69) is 10.6 Å². The number of β-amino-alcohol motifs (C(OH)–C–C–N with tert-alkyl or cyclic N) is 1. The van der Waals surface area contributed by atoms with Crippen LogP contribution in [0, 0.1) is 0 Å². The van der Waals surface area contributed by atoms with Gasteiger partial charge < -0.3 is 20.6 Å². The number of nitrogens with zero attached hydrogens (tertiary/aromatic N) is 1. The summed E-state index contributed by atoms with van der Waals surface area (Å²) in [6, 6.07) is 6.52. The number of piperidine rings is 1. The Morgan fingerprint density at radius 3 is 2.67 bits per heavy atom. The zero-order valence-corrected chi connectivity index (χ0v) is 12.1. The van der Waals surface area contributed by atoms with Crippen molar-refractivity contribution in [1.29, 1.82) is 0 Å². The SMILES string of the molecule is CCNC(=O)c1ccc(NC(=O)N2CCC[C@H](O)C2)cc1. The highest BCUT2D eigenvalue weighted by molar-refractivity contribution is 5.95. The van der Waals surface area contributed by atoms with Crippen LogP contribution in [-0.4, -0.2) is 47.7 Å². The number of aliphatic hydroxyl groups excluding tert-OH is 1. The van der Waals surface area contributed by atoms with Gasteiger partial charge in [0, 0.05) is 30.9 Å². The van der Waals surface area contributed by atoms with Gasteiger partial charge >= 0.3 is 6.03 Å². The quantitative estimate of drug-likeness (QED) is 0.788.